The number of benzene rings is 1. The maximum Gasteiger partial charge on any atom is 0.225 e. The number of hydrogen-bond acceptors (Lipinski definition) is 3. The van der Waals surface area contributed by atoms with Crippen LogP contribution in [0, 0.1) is 5.41 Å². The number of carbonyl (C=O) groups excluding carboxylic acids is 1. The van der Waals surface area contributed by atoms with Crippen LogP contribution in [-0.4, -0.2) is 44.2 Å². The highest BCUT2D eigenvalue weighted by Gasteiger charge is 2.56. The van der Waals surface area contributed by atoms with Gasteiger partial charge in [0.05, 0.1) is 6.10 Å². The van der Waals surface area contributed by atoms with Gasteiger partial charge in [-0.1, -0.05) is 31.0 Å². The van der Waals surface area contributed by atoms with Gasteiger partial charge < -0.3 is 20.7 Å². The van der Waals surface area contributed by atoms with Crippen LogP contribution >= 0.6 is 24.0 Å². The molecule has 7 heteroatoms. The van der Waals surface area contributed by atoms with E-state index in [0.717, 1.165) is 24.7 Å². The zero-order valence-corrected chi connectivity index (χ0v) is 19.7. The van der Waals surface area contributed by atoms with E-state index in [-0.39, 0.29) is 41.2 Å². The fourth-order valence-electron chi connectivity index (χ4n) is 5.35. The third kappa shape index (κ3) is 4.40. The molecule has 6 nitrogen and oxygen atoms in total. The smallest absolute Gasteiger partial charge is 0.225 e. The summed E-state index contributed by atoms with van der Waals surface area (Å²) in [6, 6.07) is 8.48. The van der Waals surface area contributed by atoms with Crippen LogP contribution in [0.2, 0.25) is 0 Å². The highest BCUT2D eigenvalue weighted by atomic mass is 127. The maximum atomic E-state index is 12.1. The van der Waals surface area contributed by atoms with Crippen LogP contribution < -0.4 is 16.0 Å². The van der Waals surface area contributed by atoms with Crippen molar-refractivity contribution < 1.29 is 9.53 Å². The van der Waals surface area contributed by atoms with E-state index < -0.39 is 0 Å². The zero-order chi connectivity index (χ0) is 19.6. The predicted molar refractivity (Wildman–Crippen MR) is 127 cm³/mol. The number of rotatable bonds is 5. The fraction of sp³-hybridized carbons (Fsp3) is 0.636. The van der Waals surface area contributed by atoms with Gasteiger partial charge in [0.1, 0.15) is 0 Å². The summed E-state index contributed by atoms with van der Waals surface area (Å²) < 4.78 is 6.02. The summed E-state index contributed by atoms with van der Waals surface area (Å²) in [5, 5.41) is 10.1. The van der Waals surface area contributed by atoms with Gasteiger partial charge >= 0.3 is 0 Å². The van der Waals surface area contributed by atoms with Crippen LogP contribution in [0.25, 0.3) is 0 Å². The van der Waals surface area contributed by atoms with Gasteiger partial charge in [0.2, 0.25) is 5.91 Å². The Labute approximate surface area is 190 Å². The fourth-order valence-corrected chi connectivity index (χ4v) is 5.35. The molecule has 1 amide bonds. The second-order valence-corrected chi connectivity index (χ2v) is 8.31. The first-order valence-electron chi connectivity index (χ1n) is 10.6. The van der Waals surface area contributed by atoms with Crippen molar-refractivity contribution in [2.24, 2.45) is 10.4 Å². The number of amides is 1. The quantitative estimate of drug-likeness (QED) is 0.320. The topological polar surface area (TPSA) is 74.8 Å². The molecule has 2 saturated carbocycles. The second-order valence-electron chi connectivity index (χ2n) is 8.31. The summed E-state index contributed by atoms with van der Waals surface area (Å²) in [4.78, 5) is 16.5. The Hall–Kier alpha value is -1.35. The number of aliphatic imine (C=N–C) groups is 1. The molecule has 0 bridgehead atoms. The van der Waals surface area contributed by atoms with Crippen molar-refractivity contribution in [3.05, 3.63) is 29.8 Å². The van der Waals surface area contributed by atoms with Crippen molar-refractivity contribution in [2.45, 2.75) is 63.5 Å². The first kappa shape index (κ1) is 22.3. The first-order chi connectivity index (χ1) is 13.7. The Morgan fingerprint density at radius 3 is 2.79 bits per heavy atom. The van der Waals surface area contributed by atoms with E-state index in [1.54, 1.807) is 0 Å². The molecule has 1 heterocycles. The average Bonchev–Trinajstić information content (AvgIpc) is 3.22. The van der Waals surface area contributed by atoms with E-state index in [4.69, 9.17) is 4.74 Å². The number of para-hydroxylation sites is 1. The molecule has 2 aliphatic carbocycles. The normalized spacial score (nSPS) is 27.4. The molecule has 3 aliphatic rings. The number of hydrogen-bond donors (Lipinski definition) is 3. The SMILES string of the molecule is CCOC1CC(NC(=NC)NCC2CC(=O)Nc3ccccc32)C12CCCC2.I. The van der Waals surface area contributed by atoms with Crippen molar-refractivity contribution >= 4 is 41.5 Å². The van der Waals surface area contributed by atoms with Crippen molar-refractivity contribution in [1.82, 2.24) is 10.6 Å². The Balaban J connectivity index is 0.00000240. The van der Waals surface area contributed by atoms with Crippen molar-refractivity contribution in [2.75, 3.05) is 25.5 Å². The molecule has 1 aliphatic heterocycles. The molecule has 1 spiro atoms. The standard InChI is InChI=1S/C22H32N4O2.HI/c1-3-28-19-13-18(22(19)10-6-7-11-22)26-21(23-2)24-14-15-12-20(27)25-17-9-5-4-8-16(15)17;/h4-5,8-9,15,18-19H,3,6-7,10-14H2,1-2H3,(H,25,27)(H2,23,24,26);1H. The van der Waals surface area contributed by atoms with Gasteiger partial charge in [-0.3, -0.25) is 9.79 Å². The Morgan fingerprint density at radius 2 is 2.07 bits per heavy atom. The molecule has 29 heavy (non-hydrogen) atoms. The van der Waals surface area contributed by atoms with E-state index >= 15 is 0 Å². The minimum atomic E-state index is 0. The number of halogens is 1. The highest BCUT2D eigenvalue weighted by Crippen LogP contribution is 2.54. The number of anilines is 1. The summed E-state index contributed by atoms with van der Waals surface area (Å²) in [7, 11) is 1.82. The Kier molecular flexibility index (Phi) is 7.42. The van der Waals surface area contributed by atoms with Gasteiger partial charge in [-0.2, -0.15) is 0 Å². The minimum Gasteiger partial charge on any atom is -0.378 e. The number of nitrogens with zero attached hydrogens (tertiary/aromatic N) is 1. The third-order valence-electron chi connectivity index (χ3n) is 6.84. The van der Waals surface area contributed by atoms with Crippen LogP contribution in [0.4, 0.5) is 5.69 Å². The molecule has 3 N–H and O–H groups in total. The minimum absolute atomic E-state index is 0. The number of carbonyl (C=O) groups is 1. The van der Waals surface area contributed by atoms with Crippen LogP contribution in [0.3, 0.4) is 0 Å². The lowest BCUT2D eigenvalue weighted by atomic mass is 9.60. The number of fused-ring (bicyclic) bond motifs is 1. The summed E-state index contributed by atoms with van der Waals surface area (Å²) >= 11 is 0. The van der Waals surface area contributed by atoms with Crippen LogP contribution in [0.5, 0.6) is 0 Å². The summed E-state index contributed by atoms with van der Waals surface area (Å²) in [5.41, 5.74) is 2.39. The number of nitrogens with one attached hydrogen (secondary N) is 3. The molecule has 3 unspecified atom stereocenters. The summed E-state index contributed by atoms with van der Waals surface area (Å²) in [6.07, 6.45) is 6.99. The summed E-state index contributed by atoms with van der Waals surface area (Å²) in [6.45, 7) is 3.57. The van der Waals surface area contributed by atoms with Crippen molar-refractivity contribution in [3.8, 4) is 0 Å². The summed E-state index contributed by atoms with van der Waals surface area (Å²) in [5.74, 6) is 1.06. The van der Waals surface area contributed by atoms with Gasteiger partial charge in [0.25, 0.3) is 0 Å². The van der Waals surface area contributed by atoms with Crippen LogP contribution in [0.1, 0.15) is 56.9 Å². The average molecular weight is 512 g/mol. The molecule has 1 aromatic carbocycles. The lowest BCUT2D eigenvalue weighted by Gasteiger charge is -2.54. The first-order valence-corrected chi connectivity index (χ1v) is 10.6. The van der Waals surface area contributed by atoms with Gasteiger partial charge in [0, 0.05) is 49.7 Å². The van der Waals surface area contributed by atoms with Crippen molar-refractivity contribution in [1.29, 1.82) is 0 Å². The van der Waals surface area contributed by atoms with E-state index in [2.05, 4.69) is 33.9 Å². The Morgan fingerprint density at radius 1 is 1.31 bits per heavy atom. The second kappa shape index (κ2) is 9.64. The van der Waals surface area contributed by atoms with E-state index in [0.29, 0.717) is 25.1 Å². The molecule has 3 atom stereocenters. The van der Waals surface area contributed by atoms with Gasteiger partial charge in [0.15, 0.2) is 5.96 Å². The molecule has 0 saturated heterocycles. The lowest BCUT2D eigenvalue weighted by Crippen LogP contribution is -2.65. The molecular formula is C22H33IN4O2. The predicted octanol–water partition coefficient (Wildman–Crippen LogP) is 3.63. The van der Waals surface area contributed by atoms with E-state index in [9.17, 15) is 4.79 Å². The molecule has 0 radical (unpaired) electrons. The van der Waals surface area contributed by atoms with Gasteiger partial charge in [-0.25, -0.2) is 0 Å². The van der Waals surface area contributed by atoms with E-state index in [1.165, 1.54) is 31.2 Å². The molecular weight excluding hydrogens is 479 g/mol. The highest BCUT2D eigenvalue weighted by molar-refractivity contribution is 14.0. The van der Waals surface area contributed by atoms with Gasteiger partial charge in [-0.05, 0) is 37.8 Å². The van der Waals surface area contributed by atoms with Crippen LogP contribution in [-0.2, 0) is 9.53 Å². The Bertz CT molecular complexity index is 748. The molecule has 4 rings (SSSR count). The van der Waals surface area contributed by atoms with Crippen LogP contribution in [0.15, 0.2) is 29.3 Å². The lowest BCUT2D eigenvalue weighted by molar-refractivity contribution is -0.125. The van der Waals surface area contributed by atoms with Crippen molar-refractivity contribution in [3.63, 3.8) is 0 Å². The molecule has 160 valence electrons. The zero-order valence-electron chi connectivity index (χ0n) is 17.4. The van der Waals surface area contributed by atoms with E-state index in [1.807, 2.05) is 25.2 Å². The third-order valence-corrected chi connectivity index (χ3v) is 6.84. The maximum absolute atomic E-state index is 12.1. The largest absolute Gasteiger partial charge is 0.378 e. The molecule has 0 aromatic heterocycles. The number of ether oxygens (including phenoxy) is 1. The molecule has 2 fully saturated rings. The monoisotopic (exact) mass is 512 g/mol. The number of guanidine groups is 1. The van der Waals surface area contributed by atoms with Gasteiger partial charge in [-0.15, -0.1) is 24.0 Å². The molecule has 1 aromatic rings.